The van der Waals surface area contributed by atoms with Crippen LogP contribution in [-0.4, -0.2) is 23.8 Å². The first-order chi connectivity index (χ1) is 8.83. The highest BCUT2D eigenvalue weighted by molar-refractivity contribution is 5.53. The Balaban J connectivity index is 2.11. The Morgan fingerprint density at radius 2 is 2.17 bits per heavy atom. The lowest BCUT2D eigenvalue weighted by molar-refractivity contribution is 0.295. The second-order valence-corrected chi connectivity index (χ2v) is 4.85. The second-order valence-electron chi connectivity index (χ2n) is 4.85. The van der Waals surface area contributed by atoms with Crippen LogP contribution in [0.1, 0.15) is 37.7 Å². The summed E-state index contributed by atoms with van der Waals surface area (Å²) in [5.41, 5.74) is 2.17. The first kappa shape index (κ1) is 13.1. The number of nitrogens with zero attached hydrogens (tertiary/aromatic N) is 1. The Morgan fingerprint density at radius 1 is 1.39 bits per heavy atom. The van der Waals surface area contributed by atoms with E-state index in [4.69, 9.17) is 4.74 Å². The molecule has 1 fully saturated rings. The molecule has 1 saturated carbocycles. The third kappa shape index (κ3) is 3.33. The number of methoxy groups -OCH3 is 1. The molecule has 0 saturated heterocycles. The topological polar surface area (TPSA) is 42.4 Å². The van der Waals surface area contributed by atoms with Crippen molar-refractivity contribution in [3.63, 3.8) is 0 Å². The van der Waals surface area contributed by atoms with Crippen LogP contribution in [0.4, 0.5) is 0 Å². The van der Waals surface area contributed by atoms with Crippen LogP contribution in [0, 0.1) is 5.92 Å². The third-order valence-electron chi connectivity index (χ3n) is 3.63. The molecule has 3 heteroatoms. The maximum Gasteiger partial charge on any atom is 0.212 e. The summed E-state index contributed by atoms with van der Waals surface area (Å²) >= 11 is 0. The van der Waals surface area contributed by atoms with Crippen molar-refractivity contribution in [2.75, 3.05) is 13.7 Å². The normalized spacial score (nSPS) is 17.8. The van der Waals surface area contributed by atoms with Gasteiger partial charge in [-0.3, -0.25) is 0 Å². The zero-order valence-electron chi connectivity index (χ0n) is 10.9. The van der Waals surface area contributed by atoms with E-state index in [-0.39, 0.29) is 6.61 Å². The van der Waals surface area contributed by atoms with E-state index in [1.54, 1.807) is 13.3 Å². The quantitative estimate of drug-likeness (QED) is 0.889. The van der Waals surface area contributed by atoms with Crippen LogP contribution >= 0.6 is 0 Å². The maximum absolute atomic E-state index is 9.53. The lowest BCUT2D eigenvalue weighted by Gasteiger charge is -2.23. The van der Waals surface area contributed by atoms with Gasteiger partial charge in [0.1, 0.15) is 0 Å². The van der Waals surface area contributed by atoms with Crippen LogP contribution in [0.15, 0.2) is 23.9 Å². The van der Waals surface area contributed by atoms with Crippen LogP contribution in [0.2, 0.25) is 0 Å². The van der Waals surface area contributed by atoms with E-state index < -0.39 is 0 Å². The van der Waals surface area contributed by atoms with Crippen molar-refractivity contribution >= 4 is 6.08 Å². The molecule has 0 spiro atoms. The molecule has 0 bridgehead atoms. The van der Waals surface area contributed by atoms with Gasteiger partial charge >= 0.3 is 0 Å². The van der Waals surface area contributed by atoms with Crippen LogP contribution in [0.5, 0.6) is 5.88 Å². The van der Waals surface area contributed by atoms with Gasteiger partial charge in [-0.2, -0.15) is 0 Å². The fraction of sp³-hybridized carbons (Fsp3) is 0.533. The van der Waals surface area contributed by atoms with Crippen molar-refractivity contribution in [1.82, 2.24) is 4.98 Å². The van der Waals surface area contributed by atoms with Crippen molar-refractivity contribution in [1.29, 1.82) is 0 Å². The summed E-state index contributed by atoms with van der Waals surface area (Å²) in [5, 5.41) is 9.53. The van der Waals surface area contributed by atoms with Crippen molar-refractivity contribution in [2.24, 2.45) is 5.92 Å². The van der Waals surface area contributed by atoms with Gasteiger partial charge < -0.3 is 9.84 Å². The van der Waals surface area contributed by atoms with E-state index in [2.05, 4.69) is 11.1 Å². The van der Waals surface area contributed by atoms with Gasteiger partial charge in [-0.1, -0.05) is 25.3 Å². The van der Waals surface area contributed by atoms with E-state index >= 15 is 0 Å². The van der Waals surface area contributed by atoms with Crippen molar-refractivity contribution in [3.05, 3.63) is 29.5 Å². The van der Waals surface area contributed by atoms with E-state index in [0.717, 1.165) is 11.1 Å². The summed E-state index contributed by atoms with van der Waals surface area (Å²) in [6.07, 6.45) is 10.2. The highest BCUT2D eigenvalue weighted by atomic mass is 16.5. The Labute approximate surface area is 109 Å². The summed E-state index contributed by atoms with van der Waals surface area (Å²) in [5.74, 6) is 1.17. The molecule has 1 N–H and O–H groups in total. The number of hydrogen-bond donors (Lipinski definition) is 1. The second kappa shape index (κ2) is 6.55. The smallest absolute Gasteiger partial charge is 0.212 e. The first-order valence-electron chi connectivity index (χ1n) is 6.65. The highest BCUT2D eigenvalue weighted by Gasteiger charge is 2.17. The molecule has 18 heavy (non-hydrogen) atoms. The minimum absolute atomic E-state index is 0.149. The van der Waals surface area contributed by atoms with Crippen molar-refractivity contribution in [2.45, 2.75) is 32.1 Å². The molecule has 3 nitrogen and oxygen atoms in total. The van der Waals surface area contributed by atoms with Crippen LogP contribution in [-0.2, 0) is 0 Å². The number of aromatic nitrogens is 1. The summed E-state index contributed by atoms with van der Waals surface area (Å²) in [4.78, 5) is 4.18. The minimum atomic E-state index is 0.149. The fourth-order valence-corrected chi connectivity index (χ4v) is 2.58. The van der Waals surface area contributed by atoms with Gasteiger partial charge in [0.15, 0.2) is 0 Å². The maximum atomic E-state index is 9.53. The molecule has 0 atom stereocenters. The summed E-state index contributed by atoms with van der Waals surface area (Å²) in [7, 11) is 1.61. The van der Waals surface area contributed by atoms with Gasteiger partial charge in [0.05, 0.1) is 13.7 Å². The molecule has 0 unspecified atom stereocenters. The molecule has 0 aliphatic heterocycles. The number of aliphatic hydroxyl groups is 1. The first-order valence-corrected chi connectivity index (χ1v) is 6.65. The van der Waals surface area contributed by atoms with Gasteiger partial charge in [0, 0.05) is 12.3 Å². The van der Waals surface area contributed by atoms with E-state index in [9.17, 15) is 5.11 Å². The molecular formula is C15H21NO2. The summed E-state index contributed by atoms with van der Waals surface area (Å²) in [6.45, 7) is 0.149. The molecule has 1 aliphatic carbocycles. The molecular weight excluding hydrogens is 226 g/mol. The van der Waals surface area contributed by atoms with Crippen molar-refractivity contribution in [3.8, 4) is 5.88 Å². The number of pyridine rings is 1. The number of ether oxygens (including phenoxy) is 1. The van der Waals surface area contributed by atoms with Gasteiger partial charge in [0.2, 0.25) is 5.88 Å². The van der Waals surface area contributed by atoms with Crippen LogP contribution in [0.3, 0.4) is 0 Å². The molecule has 0 aromatic carbocycles. The number of aliphatic hydroxyl groups excluding tert-OH is 1. The molecule has 98 valence electrons. The van der Waals surface area contributed by atoms with Crippen LogP contribution < -0.4 is 4.74 Å². The zero-order valence-corrected chi connectivity index (χ0v) is 10.9. The van der Waals surface area contributed by atoms with E-state index in [0.29, 0.717) is 11.8 Å². The highest BCUT2D eigenvalue weighted by Crippen LogP contribution is 2.30. The average Bonchev–Trinajstić information content (AvgIpc) is 2.46. The zero-order chi connectivity index (χ0) is 12.8. The minimum Gasteiger partial charge on any atom is -0.481 e. The van der Waals surface area contributed by atoms with Crippen molar-refractivity contribution < 1.29 is 9.84 Å². The predicted molar refractivity (Wildman–Crippen MR) is 72.4 cm³/mol. The summed E-state index contributed by atoms with van der Waals surface area (Å²) in [6, 6.07) is 3.83. The van der Waals surface area contributed by atoms with E-state index in [1.165, 1.54) is 32.1 Å². The Hall–Kier alpha value is -1.35. The Morgan fingerprint density at radius 3 is 2.72 bits per heavy atom. The molecule has 1 aromatic heterocycles. The lowest BCUT2D eigenvalue weighted by atomic mass is 9.83. The molecule has 1 heterocycles. The Kier molecular flexibility index (Phi) is 4.76. The van der Waals surface area contributed by atoms with E-state index in [1.807, 2.05) is 12.1 Å². The molecule has 1 aromatic rings. The monoisotopic (exact) mass is 247 g/mol. The summed E-state index contributed by atoms with van der Waals surface area (Å²) < 4.78 is 5.04. The Bertz CT molecular complexity index is 391. The average molecular weight is 247 g/mol. The molecule has 0 amide bonds. The lowest BCUT2D eigenvalue weighted by Crippen LogP contribution is -2.11. The van der Waals surface area contributed by atoms with Gasteiger partial charge in [-0.05, 0) is 36.0 Å². The third-order valence-corrected chi connectivity index (χ3v) is 3.63. The number of rotatable bonds is 4. The van der Waals surface area contributed by atoms with Crippen LogP contribution in [0.25, 0.3) is 6.08 Å². The standard InChI is InChI=1S/C15H21NO2/c1-18-15-8-7-12(10-16-15)9-14(11-17)13-5-3-2-4-6-13/h7-10,13,17H,2-6,11H2,1H3/b14-9-. The molecule has 2 rings (SSSR count). The fourth-order valence-electron chi connectivity index (χ4n) is 2.58. The largest absolute Gasteiger partial charge is 0.481 e. The SMILES string of the molecule is COc1ccc(/C=C(/CO)C2CCCCC2)cn1. The van der Waals surface area contributed by atoms with Gasteiger partial charge in [-0.15, -0.1) is 0 Å². The molecule has 1 aliphatic rings. The predicted octanol–water partition coefficient (Wildman–Crippen LogP) is 3.05. The van der Waals surface area contributed by atoms with Gasteiger partial charge in [-0.25, -0.2) is 4.98 Å². The number of hydrogen-bond acceptors (Lipinski definition) is 3. The molecule has 0 radical (unpaired) electrons. The van der Waals surface area contributed by atoms with Gasteiger partial charge in [0.25, 0.3) is 0 Å².